The molecule has 3 aromatic rings. The maximum atomic E-state index is 12.3. The fourth-order valence-electron chi connectivity index (χ4n) is 2.33. The number of amides is 1. The van der Waals surface area contributed by atoms with E-state index in [0.717, 1.165) is 20.4 Å². The Balaban J connectivity index is 1.54. The number of benzene rings is 2. The molecule has 3 rings (SSSR count). The summed E-state index contributed by atoms with van der Waals surface area (Å²) in [5.74, 6) is 0.697. The standard InChI is InChI=1S/C18H16Br2N4O2/c19-13-3-1-4-15(9-13)26-8-2-5-18(25)23-16-10-14(20)6-7-17(16)24-12-21-11-22-24/h1,3-4,6-7,9-12H,2,5,8H2,(H,23,25). The quantitative estimate of drug-likeness (QED) is 0.503. The fourth-order valence-corrected chi connectivity index (χ4v) is 3.07. The molecule has 6 nitrogen and oxygen atoms in total. The fraction of sp³-hybridized carbons (Fsp3) is 0.167. The van der Waals surface area contributed by atoms with E-state index in [9.17, 15) is 4.79 Å². The predicted octanol–water partition coefficient (Wildman–Crippen LogP) is 4.59. The molecular formula is C18H16Br2N4O2. The molecule has 0 aliphatic rings. The van der Waals surface area contributed by atoms with E-state index in [4.69, 9.17) is 4.74 Å². The molecule has 134 valence electrons. The number of carbonyl (C=O) groups excluding carboxylic acids is 1. The van der Waals surface area contributed by atoms with Gasteiger partial charge in [-0.25, -0.2) is 9.67 Å². The van der Waals surface area contributed by atoms with Gasteiger partial charge in [-0.2, -0.15) is 5.10 Å². The molecule has 1 amide bonds. The van der Waals surface area contributed by atoms with Gasteiger partial charge in [0.2, 0.25) is 5.91 Å². The van der Waals surface area contributed by atoms with Crippen LogP contribution in [0.5, 0.6) is 5.75 Å². The second-order valence-corrected chi connectivity index (χ2v) is 7.29. The number of ether oxygens (including phenoxy) is 1. The largest absolute Gasteiger partial charge is 0.494 e. The van der Waals surface area contributed by atoms with E-state index < -0.39 is 0 Å². The van der Waals surface area contributed by atoms with Gasteiger partial charge in [0.1, 0.15) is 18.4 Å². The third-order valence-electron chi connectivity index (χ3n) is 3.51. The maximum absolute atomic E-state index is 12.3. The Labute approximate surface area is 167 Å². The second kappa shape index (κ2) is 8.95. The first-order chi connectivity index (χ1) is 12.6. The first-order valence-electron chi connectivity index (χ1n) is 7.94. The van der Waals surface area contributed by atoms with Crippen LogP contribution < -0.4 is 10.1 Å². The Morgan fingerprint density at radius 2 is 2.00 bits per heavy atom. The van der Waals surface area contributed by atoms with Crippen molar-refractivity contribution in [3.63, 3.8) is 0 Å². The van der Waals surface area contributed by atoms with Crippen LogP contribution >= 0.6 is 31.9 Å². The summed E-state index contributed by atoms with van der Waals surface area (Å²) in [5, 5.41) is 7.04. The van der Waals surface area contributed by atoms with E-state index in [0.29, 0.717) is 25.1 Å². The summed E-state index contributed by atoms with van der Waals surface area (Å²) in [5.41, 5.74) is 1.42. The highest BCUT2D eigenvalue weighted by Crippen LogP contribution is 2.24. The Morgan fingerprint density at radius 3 is 2.77 bits per heavy atom. The van der Waals surface area contributed by atoms with Gasteiger partial charge in [0.15, 0.2) is 0 Å². The summed E-state index contributed by atoms with van der Waals surface area (Å²) in [6.07, 6.45) is 4.01. The molecule has 0 spiro atoms. The summed E-state index contributed by atoms with van der Waals surface area (Å²) in [7, 11) is 0. The molecule has 0 bridgehead atoms. The number of nitrogens with zero attached hydrogens (tertiary/aromatic N) is 3. The van der Waals surface area contributed by atoms with Crippen LogP contribution in [0.4, 0.5) is 5.69 Å². The van der Waals surface area contributed by atoms with Crippen molar-refractivity contribution in [3.05, 3.63) is 64.1 Å². The van der Waals surface area contributed by atoms with Crippen LogP contribution in [0, 0.1) is 0 Å². The average molecular weight is 480 g/mol. The summed E-state index contributed by atoms with van der Waals surface area (Å²) in [4.78, 5) is 16.2. The highest BCUT2D eigenvalue weighted by Gasteiger charge is 2.10. The minimum atomic E-state index is -0.0812. The molecule has 26 heavy (non-hydrogen) atoms. The topological polar surface area (TPSA) is 69.0 Å². The van der Waals surface area contributed by atoms with E-state index in [1.54, 1.807) is 11.0 Å². The SMILES string of the molecule is O=C(CCCOc1cccc(Br)c1)Nc1cc(Br)ccc1-n1cncn1. The minimum absolute atomic E-state index is 0.0812. The van der Waals surface area contributed by atoms with E-state index in [-0.39, 0.29) is 5.91 Å². The van der Waals surface area contributed by atoms with Crippen LogP contribution in [0.2, 0.25) is 0 Å². The van der Waals surface area contributed by atoms with E-state index in [1.165, 1.54) is 6.33 Å². The summed E-state index contributed by atoms with van der Waals surface area (Å²) in [6, 6.07) is 13.2. The molecule has 0 fully saturated rings. The van der Waals surface area contributed by atoms with Crippen LogP contribution in [-0.2, 0) is 4.79 Å². The van der Waals surface area contributed by atoms with E-state index in [1.807, 2.05) is 42.5 Å². The van der Waals surface area contributed by atoms with Gasteiger partial charge in [0.25, 0.3) is 0 Å². The molecule has 1 aromatic heterocycles. The molecule has 0 radical (unpaired) electrons. The zero-order valence-corrected chi connectivity index (χ0v) is 16.9. The van der Waals surface area contributed by atoms with Gasteiger partial charge in [-0.15, -0.1) is 0 Å². The van der Waals surface area contributed by atoms with Gasteiger partial charge in [0, 0.05) is 15.4 Å². The molecule has 0 aliphatic heterocycles. The van der Waals surface area contributed by atoms with Gasteiger partial charge in [-0.3, -0.25) is 4.79 Å². The second-order valence-electron chi connectivity index (χ2n) is 5.46. The highest BCUT2D eigenvalue weighted by molar-refractivity contribution is 9.10. The molecule has 0 atom stereocenters. The third kappa shape index (κ3) is 5.15. The number of rotatable bonds is 7. The first-order valence-corrected chi connectivity index (χ1v) is 9.53. The normalized spacial score (nSPS) is 10.5. The molecule has 0 aliphatic carbocycles. The molecule has 1 N–H and O–H groups in total. The average Bonchev–Trinajstić information content (AvgIpc) is 3.13. The number of hydrogen-bond donors (Lipinski definition) is 1. The molecule has 0 saturated heterocycles. The Kier molecular flexibility index (Phi) is 6.40. The molecular weight excluding hydrogens is 464 g/mol. The lowest BCUT2D eigenvalue weighted by Crippen LogP contribution is -2.14. The number of anilines is 1. The van der Waals surface area contributed by atoms with Crippen molar-refractivity contribution in [2.24, 2.45) is 0 Å². The zero-order valence-electron chi connectivity index (χ0n) is 13.7. The molecule has 8 heteroatoms. The van der Waals surface area contributed by atoms with E-state index >= 15 is 0 Å². The van der Waals surface area contributed by atoms with Gasteiger partial charge in [0.05, 0.1) is 18.0 Å². The van der Waals surface area contributed by atoms with E-state index in [2.05, 4.69) is 47.3 Å². The molecule has 0 unspecified atom stereocenters. The number of halogens is 2. The molecule has 2 aromatic carbocycles. The van der Waals surface area contributed by atoms with Crippen LogP contribution in [0.1, 0.15) is 12.8 Å². The number of nitrogens with one attached hydrogen (secondary N) is 1. The zero-order chi connectivity index (χ0) is 18.4. The van der Waals surface area contributed by atoms with Crippen LogP contribution in [0.3, 0.4) is 0 Å². The summed E-state index contributed by atoms with van der Waals surface area (Å²) in [6.45, 7) is 0.471. The minimum Gasteiger partial charge on any atom is -0.494 e. The summed E-state index contributed by atoms with van der Waals surface area (Å²) >= 11 is 6.83. The number of carbonyl (C=O) groups is 1. The lowest BCUT2D eigenvalue weighted by Gasteiger charge is -2.12. The first kappa shape index (κ1) is 18.6. The van der Waals surface area contributed by atoms with Gasteiger partial charge < -0.3 is 10.1 Å². The monoisotopic (exact) mass is 478 g/mol. The van der Waals surface area contributed by atoms with Crippen molar-refractivity contribution < 1.29 is 9.53 Å². The Bertz CT molecular complexity index is 885. The smallest absolute Gasteiger partial charge is 0.224 e. The van der Waals surface area contributed by atoms with Gasteiger partial charge in [-0.1, -0.05) is 37.9 Å². The van der Waals surface area contributed by atoms with Crippen molar-refractivity contribution in [2.45, 2.75) is 12.8 Å². The van der Waals surface area contributed by atoms with Gasteiger partial charge >= 0.3 is 0 Å². The summed E-state index contributed by atoms with van der Waals surface area (Å²) < 4.78 is 9.09. The molecule has 1 heterocycles. The van der Waals surface area contributed by atoms with Gasteiger partial charge in [-0.05, 0) is 42.8 Å². The number of aromatic nitrogens is 3. The highest BCUT2D eigenvalue weighted by atomic mass is 79.9. The van der Waals surface area contributed by atoms with Crippen molar-refractivity contribution in [2.75, 3.05) is 11.9 Å². The van der Waals surface area contributed by atoms with Crippen LogP contribution in [0.15, 0.2) is 64.1 Å². The lowest BCUT2D eigenvalue weighted by atomic mass is 10.2. The third-order valence-corrected chi connectivity index (χ3v) is 4.50. The van der Waals surface area contributed by atoms with Crippen molar-refractivity contribution in [3.8, 4) is 11.4 Å². The number of hydrogen-bond acceptors (Lipinski definition) is 4. The lowest BCUT2D eigenvalue weighted by molar-refractivity contribution is -0.116. The van der Waals surface area contributed by atoms with Crippen molar-refractivity contribution >= 4 is 43.5 Å². The van der Waals surface area contributed by atoms with Crippen LogP contribution in [-0.4, -0.2) is 27.3 Å². The maximum Gasteiger partial charge on any atom is 0.224 e. The van der Waals surface area contributed by atoms with Crippen molar-refractivity contribution in [1.29, 1.82) is 0 Å². The Morgan fingerprint density at radius 1 is 1.15 bits per heavy atom. The Hall–Kier alpha value is -2.19. The predicted molar refractivity (Wildman–Crippen MR) is 107 cm³/mol. The molecule has 0 saturated carbocycles. The van der Waals surface area contributed by atoms with Crippen molar-refractivity contribution in [1.82, 2.24) is 14.8 Å². The van der Waals surface area contributed by atoms with Crippen LogP contribution in [0.25, 0.3) is 5.69 Å².